The Morgan fingerprint density at radius 1 is 0.967 bits per heavy atom. The predicted octanol–water partition coefficient (Wildman–Crippen LogP) is 3.36. The Hall–Kier alpha value is -3.25. The first-order valence-electron chi connectivity index (χ1n) is 10.3. The molecule has 0 radical (unpaired) electrons. The van der Waals surface area contributed by atoms with Crippen LogP contribution in [0.15, 0.2) is 60.7 Å². The SMILES string of the molecule is Cc1ccc(-n2nnc(C(=O)N3CCN(C/C=C/c4ccccc4)CC3)c2C)cc1. The number of aryl methyl sites for hydroxylation is 1. The number of amides is 1. The summed E-state index contributed by atoms with van der Waals surface area (Å²) in [6.07, 6.45) is 4.33. The van der Waals surface area contributed by atoms with E-state index < -0.39 is 0 Å². The average molecular weight is 402 g/mol. The van der Waals surface area contributed by atoms with Crippen molar-refractivity contribution >= 4 is 12.0 Å². The van der Waals surface area contributed by atoms with E-state index in [2.05, 4.69) is 39.5 Å². The Labute approximate surface area is 177 Å². The molecule has 1 amide bonds. The van der Waals surface area contributed by atoms with Crippen molar-refractivity contribution in [1.29, 1.82) is 0 Å². The van der Waals surface area contributed by atoms with Crippen molar-refractivity contribution in [3.63, 3.8) is 0 Å². The lowest BCUT2D eigenvalue weighted by Crippen LogP contribution is -2.48. The van der Waals surface area contributed by atoms with Crippen molar-refractivity contribution in [3.05, 3.63) is 83.2 Å². The molecule has 0 spiro atoms. The van der Waals surface area contributed by atoms with Gasteiger partial charge in [-0.1, -0.05) is 65.4 Å². The third kappa shape index (κ3) is 4.49. The van der Waals surface area contributed by atoms with E-state index in [1.807, 2.05) is 61.2 Å². The highest BCUT2D eigenvalue weighted by Crippen LogP contribution is 2.15. The molecule has 154 valence electrons. The minimum Gasteiger partial charge on any atom is -0.335 e. The van der Waals surface area contributed by atoms with Gasteiger partial charge in [0.15, 0.2) is 5.69 Å². The molecule has 2 aromatic carbocycles. The number of hydrogen-bond donors (Lipinski definition) is 0. The Morgan fingerprint density at radius 3 is 2.37 bits per heavy atom. The Kier molecular flexibility index (Phi) is 6.05. The fourth-order valence-corrected chi connectivity index (χ4v) is 3.64. The molecule has 6 nitrogen and oxygen atoms in total. The van der Waals surface area contributed by atoms with Gasteiger partial charge in [0.25, 0.3) is 5.91 Å². The first-order chi connectivity index (χ1) is 14.6. The molecule has 1 fully saturated rings. The highest BCUT2D eigenvalue weighted by molar-refractivity contribution is 5.93. The zero-order valence-corrected chi connectivity index (χ0v) is 17.5. The molecule has 1 aliphatic rings. The summed E-state index contributed by atoms with van der Waals surface area (Å²) >= 11 is 0. The number of benzene rings is 2. The summed E-state index contributed by atoms with van der Waals surface area (Å²) < 4.78 is 1.73. The summed E-state index contributed by atoms with van der Waals surface area (Å²) in [7, 11) is 0. The third-order valence-electron chi connectivity index (χ3n) is 5.51. The van der Waals surface area contributed by atoms with Gasteiger partial charge in [0, 0.05) is 32.7 Å². The molecule has 1 aromatic heterocycles. The van der Waals surface area contributed by atoms with E-state index in [4.69, 9.17) is 0 Å². The van der Waals surface area contributed by atoms with E-state index in [9.17, 15) is 4.79 Å². The van der Waals surface area contributed by atoms with Crippen LogP contribution < -0.4 is 0 Å². The van der Waals surface area contributed by atoms with Gasteiger partial charge in [0.2, 0.25) is 0 Å². The lowest BCUT2D eigenvalue weighted by molar-refractivity contribution is 0.0643. The highest BCUT2D eigenvalue weighted by Gasteiger charge is 2.26. The molecule has 6 heteroatoms. The van der Waals surface area contributed by atoms with Gasteiger partial charge < -0.3 is 4.90 Å². The summed E-state index contributed by atoms with van der Waals surface area (Å²) in [6, 6.07) is 18.3. The monoisotopic (exact) mass is 401 g/mol. The standard InChI is InChI=1S/C24H27N5O/c1-19-10-12-22(13-11-19)29-20(2)23(25-26-29)24(30)28-17-15-27(16-18-28)14-6-9-21-7-4-3-5-8-21/h3-13H,14-18H2,1-2H3/b9-6+. The highest BCUT2D eigenvalue weighted by atomic mass is 16.2. The molecule has 1 saturated heterocycles. The predicted molar refractivity (Wildman–Crippen MR) is 119 cm³/mol. The van der Waals surface area contributed by atoms with E-state index in [1.54, 1.807) is 4.68 Å². The number of piperazine rings is 1. The molecule has 0 bridgehead atoms. The maximum atomic E-state index is 13.0. The second-order valence-electron chi connectivity index (χ2n) is 7.68. The van der Waals surface area contributed by atoms with Crippen molar-refractivity contribution in [2.24, 2.45) is 0 Å². The summed E-state index contributed by atoms with van der Waals surface area (Å²) in [5.41, 5.74) is 4.52. The zero-order valence-electron chi connectivity index (χ0n) is 17.5. The van der Waals surface area contributed by atoms with Gasteiger partial charge in [-0.2, -0.15) is 0 Å². The Morgan fingerprint density at radius 2 is 1.67 bits per heavy atom. The fraction of sp³-hybridized carbons (Fsp3) is 0.292. The number of aromatic nitrogens is 3. The van der Waals surface area contributed by atoms with Crippen molar-refractivity contribution in [3.8, 4) is 5.69 Å². The second kappa shape index (κ2) is 9.05. The van der Waals surface area contributed by atoms with Gasteiger partial charge in [0.1, 0.15) is 0 Å². The van der Waals surface area contributed by atoms with Crippen LogP contribution in [-0.4, -0.2) is 63.4 Å². The van der Waals surface area contributed by atoms with Crippen LogP contribution in [0.1, 0.15) is 27.3 Å². The maximum Gasteiger partial charge on any atom is 0.276 e. The maximum absolute atomic E-state index is 13.0. The quantitative estimate of drug-likeness (QED) is 0.658. The van der Waals surface area contributed by atoms with E-state index in [0.29, 0.717) is 18.8 Å². The summed E-state index contributed by atoms with van der Waals surface area (Å²) in [5.74, 6) is -0.0367. The number of carbonyl (C=O) groups excluding carboxylic acids is 1. The van der Waals surface area contributed by atoms with Crippen LogP contribution in [0.2, 0.25) is 0 Å². The molecule has 0 saturated carbocycles. The first-order valence-corrected chi connectivity index (χ1v) is 10.3. The molecule has 1 aliphatic heterocycles. The van der Waals surface area contributed by atoms with Crippen LogP contribution in [0.3, 0.4) is 0 Å². The molecule has 0 aliphatic carbocycles. The number of carbonyl (C=O) groups is 1. The van der Waals surface area contributed by atoms with Crippen molar-refractivity contribution in [2.45, 2.75) is 13.8 Å². The van der Waals surface area contributed by atoms with Gasteiger partial charge in [-0.25, -0.2) is 4.68 Å². The average Bonchev–Trinajstić information content (AvgIpc) is 3.16. The summed E-state index contributed by atoms with van der Waals surface area (Å²) in [4.78, 5) is 17.2. The summed E-state index contributed by atoms with van der Waals surface area (Å²) in [6.45, 7) is 7.96. The van der Waals surface area contributed by atoms with Crippen LogP contribution in [-0.2, 0) is 0 Å². The van der Waals surface area contributed by atoms with E-state index in [1.165, 1.54) is 11.1 Å². The molecular formula is C24H27N5O. The van der Waals surface area contributed by atoms with Crippen LogP contribution in [0, 0.1) is 13.8 Å². The van der Waals surface area contributed by atoms with Crippen molar-refractivity contribution < 1.29 is 4.79 Å². The van der Waals surface area contributed by atoms with Gasteiger partial charge >= 0.3 is 0 Å². The molecule has 0 atom stereocenters. The van der Waals surface area contributed by atoms with Gasteiger partial charge in [-0.3, -0.25) is 9.69 Å². The second-order valence-corrected chi connectivity index (χ2v) is 7.68. The Balaban J connectivity index is 1.34. The van der Waals surface area contributed by atoms with Crippen molar-refractivity contribution in [1.82, 2.24) is 24.8 Å². The smallest absolute Gasteiger partial charge is 0.276 e. The molecule has 3 aromatic rings. The zero-order chi connectivity index (χ0) is 20.9. The third-order valence-corrected chi connectivity index (χ3v) is 5.51. The number of hydrogen-bond acceptors (Lipinski definition) is 4. The van der Waals surface area contributed by atoms with Gasteiger partial charge in [0.05, 0.1) is 11.4 Å². The molecule has 0 N–H and O–H groups in total. The van der Waals surface area contributed by atoms with E-state index in [-0.39, 0.29) is 5.91 Å². The normalized spacial score (nSPS) is 15.1. The van der Waals surface area contributed by atoms with E-state index >= 15 is 0 Å². The molecule has 2 heterocycles. The molecule has 4 rings (SSSR count). The van der Waals surface area contributed by atoms with Gasteiger partial charge in [-0.05, 0) is 31.5 Å². The lowest BCUT2D eigenvalue weighted by atomic mass is 10.2. The molecule has 0 unspecified atom stereocenters. The minimum atomic E-state index is -0.0367. The largest absolute Gasteiger partial charge is 0.335 e. The number of nitrogens with zero attached hydrogens (tertiary/aromatic N) is 5. The minimum absolute atomic E-state index is 0.0367. The number of rotatable bonds is 5. The van der Waals surface area contributed by atoms with Crippen LogP contribution >= 0.6 is 0 Å². The van der Waals surface area contributed by atoms with Crippen molar-refractivity contribution in [2.75, 3.05) is 32.7 Å². The molecule has 30 heavy (non-hydrogen) atoms. The molecular weight excluding hydrogens is 374 g/mol. The van der Waals surface area contributed by atoms with Crippen LogP contribution in [0.25, 0.3) is 11.8 Å². The van der Waals surface area contributed by atoms with E-state index in [0.717, 1.165) is 31.0 Å². The first kappa shape index (κ1) is 20.0. The Bertz CT molecular complexity index is 1020. The summed E-state index contributed by atoms with van der Waals surface area (Å²) in [5, 5.41) is 8.40. The topological polar surface area (TPSA) is 54.3 Å². The van der Waals surface area contributed by atoms with Crippen LogP contribution in [0.5, 0.6) is 0 Å². The fourth-order valence-electron chi connectivity index (χ4n) is 3.64. The van der Waals surface area contributed by atoms with Crippen LogP contribution in [0.4, 0.5) is 0 Å². The lowest BCUT2D eigenvalue weighted by Gasteiger charge is -2.33. The van der Waals surface area contributed by atoms with Gasteiger partial charge in [-0.15, -0.1) is 5.10 Å².